The minimum atomic E-state index is -1.16. The molecule has 2 rings (SSSR count). The van der Waals surface area contributed by atoms with Gasteiger partial charge in [0.05, 0.1) is 6.61 Å². The van der Waals surface area contributed by atoms with Crippen molar-refractivity contribution in [2.45, 2.75) is 12.5 Å². The van der Waals surface area contributed by atoms with E-state index in [1.807, 2.05) is 12.1 Å². The van der Waals surface area contributed by atoms with E-state index < -0.39 is 12.0 Å². The van der Waals surface area contributed by atoms with Crippen molar-refractivity contribution in [1.29, 1.82) is 0 Å². The van der Waals surface area contributed by atoms with E-state index in [0.29, 0.717) is 12.3 Å². The maximum Gasteiger partial charge on any atom is 0.254 e. The number of hydrogen-bond acceptors (Lipinski definition) is 4. The summed E-state index contributed by atoms with van der Waals surface area (Å²) in [7, 11) is 0. The number of benzene rings is 1. The maximum atomic E-state index is 11.4. The number of ether oxygens (including phenoxy) is 1. The average Bonchev–Trinajstić information content (AvgIpc) is 2.75. The summed E-state index contributed by atoms with van der Waals surface area (Å²) in [5.41, 5.74) is 6.91. The Bertz CT molecular complexity index is 406. The topological polar surface area (TPSA) is 84.6 Å². The quantitative estimate of drug-likeness (QED) is 0.665. The van der Waals surface area contributed by atoms with Gasteiger partial charge in [0.2, 0.25) is 0 Å². The number of aliphatic hydroxyl groups excluding tert-OH is 1. The number of rotatable bonds is 3. The molecule has 1 aliphatic heterocycles. The molecule has 0 fully saturated rings. The molecule has 1 aromatic carbocycles. The van der Waals surface area contributed by atoms with Crippen molar-refractivity contribution < 1.29 is 14.6 Å². The van der Waals surface area contributed by atoms with E-state index in [9.17, 15) is 9.90 Å². The minimum Gasteiger partial charge on any atom is -0.493 e. The summed E-state index contributed by atoms with van der Waals surface area (Å²) in [6.45, 7) is 0.595. The van der Waals surface area contributed by atoms with Crippen LogP contribution in [-0.2, 0) is 11.2 Å². The van der Waals surface area contributed by atoms with Crippen LogP contribution < -0.4 is 15.8 Å². The molecule has 16 heavy (non-hydrogen) atoms. The smallest absolute Gasteiger partial charge is 0.254 e. The minimum absolute atomic E-state index is 0.0834. The van der Waals surface area contributed by atoms with E-state index in [4.69, 9.17) is 10.5 Å². The summed E-state index contributed by atoms with van der Waals surface area (Å²) in [4.78, 5) is 11.4. The first-order valence-electron chi connectivity index (χ1n) is 5.15. The van der Waals surface area contributed by atoms with E-state index in [1.165, 1.54) is 0 Å². The summed E-state index contributed by atoms with van der Waals surface area (Å²) in [5.74, 6) is 0.374. The number of nitrogens with two attached hydrogens (primary N) is 1. The van der Waals surface area contributed by atoms with Crippen LogP contribution >= 0.6 is 0 Å². The normalized spacial score (nSPS) is 15.1. The highest BCUT2D eigenvalue weighted by atomic mass is 16.5. The van der Waals surface area contributed by atoms with Gasteiger partial charge in [0.15, 0.2) is 0 Å². The van der Waals surface area contributed by atoms with Gasteiger partial charge in [-0.2, -0.15) is 0 Å². The molecule has 1 aromatic rings. The first-order chi connectivity index (χ1) is 7.70. The first-order valence-corrected chi connectivity index (χ1v) is 5.15. The lowest BCUT2D eigenvalue weighted by molar-refractivity contribution is -0.123. The molecule has 0 saturated carbocycles. The highest BCUT2D eigenvalue weighted by Gasteiger charge is 2.15. The fourth-order valence-corrected chi connectivity index (χ4v) is 1.60. The van der Waals surface area contributed by atoms with Crippen LogP contribution in [0.3, 0.4) is 0 Å². The zero-order chi connectivity index (χ0) is 11.5. The van der Waals surface area contributed by atoms with E-state index in [0.717, 1.165) is 17.7 Å². The van der Waals surface area contributed by atoms with Gasteiger partial charge in [-0.25, -0.2) is 0 Å². The fourth-order valence-electron chi connectivity index (χ4n) is 1.60. The Hall–Kier alpha value is -1.59. The lowest BCUT2D eigenvalue weighted by Crippen LogP contribution is -2.34. The number of carbonyl (C=O) groups excluding carboxylic acids is 1. The second kappa shape index (κ2) is 4.51. The first kappa shape index (κ1) is 10.9. The monoisotopic (exact) mass is 222 g/mol. The van der Waals surface area contributed by atoms with Crippen LogP contribution in [-0.4, -0.2) is 30.3 Å². The van der Waals surface area contributed by atoms with Gasteiger partial charge in [0.1, 0.15) is 11.9 Å². The van der Waals surface area contributed by atoms with E-state index in [2.05, 4.69) is 5.32 Å². The van der Waals surface area contributed by atoms with Gasteiger partial charge in [-0.1, -0.05) is 0 Å². The molecule has 0 bridgehead atoms. The molecule has 0 aromatic heterocycles. The van der Waals surface area contributed by atoms with Crippen LogP contribution in [0, 0.1) is 0 Å². The van der Waals surface area contributed by atoms with Crippen molar-refractivity contribution in [2.24, 2.45) is 5.73 Å². The van der Waals surface area contributed by atoms with Gasteiger partial charge >= 0.3 is 0 Å². The molecule has 0 aliphatic carbocycles. The number of amides is 1. The van der Waals surface area contributed by atoms with E-state index in [1.54, 1.807) is 6.07 Å². The SMILES string of the molecule is NCC(O)C(=O)Nc1ccc2c(c1)CCO2. The summed E-state index contributed by atoms with van der Waals surface area (Å²) in [6, 6.07) is 5.40. The predicted octanol–water partition coefficient (Wildman–Crippen LogP) is -0.120. The summed E-state index contributed by atoms with van der Waals surface area (Å²) < 4.78 is 5.34. The van der Waals surface area contributed by atoms with Crippen LogP contribution in [0.2, 0.25) is 0 Å². The molecule has 1 amide bonds. The molecule has 5 nitrogen and oxygen atoms in total. The van der Waals surface area contributed by atoms with Crippen LogP contribution in [0.25, 0.3) is 0 Å². The number of aliphatic hydroxyl groups is 1. The Morgan fingerprint density at radius 1 is 1.62 bits per heavy atom. The number of fused-ring (bicyclic) bond motifs is 1. The lowest BCUT2D eigenvalue weighted by atomic mass is 10.1. The summed E-state index contributed by atoms with van der Waals surface area (Å²) in [5, 5.41) is 11.8. The Labute approximate surface area is 93.2 Å². The van der Waals surface area contributed by atoms with Crippen molar-refractivity contribution >= 4 is 11.6 Å². The van der Waals surface area contributed by atoms with E-state index >= 15 is 0 Å². The molecule has 0 saturated heterocycles. The van der Waals surface area contributed by atoms with Crippen LogP contribution in [0.5, 0.6) is 5.75 Å². The van der Waals surface area contributed by atoms with Crippen molar-refractivity contribution in [3.8, 4) is 5.75 Å². The molecule has 1 atom stereocenters. The summed E-state index contributed by atoms with van der Waals surface area (Å²) >= 11 is 0. The van der Waals surface area contributed by atoms with Gasteiger partial charge in [-0.15, -0.1) is 0 Å². The molecule has 5 heteroatoms. The van der Waals surface area contributed by atoms with Crippen molar-refractivity contribution in [3.63, 3.8) is 0 Å². The number of anilines is 1. The number of carbonyl (C=O) groups is 1. The molecule has 1 unspecified atom stereocenters. The summed E-state index contributed by atoms with van der Waals surface area (Å²) in [6.07, 6.45) is -0.317. The third-order valence-corrected chi connectivity index (χ3v) is 2.48. The van der Waals surface area contributed by atoms with Gasteiger partial charge in [-0.3, -0.25) is 4.79 Å². The second-order valence-electron chi connectivity index (χ2n) is 3.66. The van der Waals surface area contributed by atoms with Crippen LogP contribution in [0.4, 0.5) is 5.69 Å². The van der Waals surface area contributed by atoms with Crippen molar-refractivity contribution in [3.05, 3.63) is 23.8 Å². The molecule has 1 aliphatic rings. The fraction of sp³-hybridized carbons (Fsp3) is 0.364. The predicted molar refractivity (Wildman–Crippen MR) is 59.3 cm³/mol. The van der Waals surface area contributed by atoms with Gasteiger partial charge in [-0.05, 0) is 23.8 Å². The van der Waals surface area contributed by atoms with Crippen molar-refractivity contribution in [2.75, 3.05) is 18.5 Å². The lowest BCUT2D eigenvalue weighted by Gasteiger charge is -2.09. The van der Waals surface area contributed by atoms with Crippen LogP contribution in [0.15, 0.2) is 18.2 Å². The molecular weight excluding hydrogens is 208 g/mol. The maximum absolute atomic E-state index is 11.4. The standard InChI is InChI=1S/C11H14N2O3/c12-6-9(14)11(15)13-8-1-2-10-7(5-8)3-4-16-10/h1-2,5,9,14H,3-4,6,12H2,(H,13,15). The molecule has 4 N–H and O–H groups in total. The third kappa shape index (κ3) is 2.15. The van der Waals surface area contributed by atoms with E-state index in [-0.39, 0.29) is 6.54 Å². The van der Waals surface area contributed by atoms with Gasteiger partial charge in [0, 0.05) is 18.7 Å². The zero-order valence-electron chi connectivity index (χ0n) is 8.77. The highest BCUT2D eigenvalue weighted by Crippen LogP contribution is 2.27. The van der Waals surface area contributed by atoms with Gasteiger partial charge in [0.25, 0.3) is 5.91 Å². The molecular formula is C11H14N2O3. The van der Waals surface area contributed by atoms with Crippen LogP contribution in [0.1, 0.15) is 5.56 Å². The zero-order valence-corrected chi connectivity index (χ0v) is 8.77. The Balaban J connectivity index is 2.08. The molecule has 0 spiro atoms. The Kier molecular flexibility index (Phi) is 3.07. The Morgan fingerprint density at radius 2 is 2.44 bits per heavy atom. The largest absolute Gasteiger partial charge is 0.493 e. The second-order valence-corrected chi connectivity index (χ2v) is 3.66. The van der Waals surface area contributed by atoms with Crippen molar-refractivity contribution in [1.82, 2.24) is 0 Å². The van der Waals surface area contributed by atoms with Gasteiger partial charge < -0.3 is 20.9 Å². The number of hydrogen-bond donors (Lipinski definition) is 3. The number of nitrogens with one attached hydrogen (secondary N) is 1. The average molecular weight is 222 g/mol. The third-order valence-electron chi connectivity index (χ3n) is 2.48. The Morgan fingerprint density at radius 3 is 3.19 bits per heavy atom. The highest BCUT2D eigenvalue weighted by molar-refractivity contribution is 5.94. The molecule has 1 heterocycles. The molecule has 0 radical (unpaired) electrons. The molecule has 86 valence electrons.